The van der Waals surface area contributed by atoms with Crippen LogP contribution in [0.1, 0.15) is 23.5 Å². The number of aromatic amines is 1. The molecule has 3 heterocycles. The zero-order valence-electron chi connectivity index (χ0n) is 11.0. The van der Waals surface area contributed by atoms with Crippen molar-refractivity contribution in [2.24, 2.45) is 0 Å². The normalized spacial score (nSPS) is 17.5. The standard InChI is InChI=1S/C16H11NO3S/c18-13-7-11(9-5-6-21-8-9)14-15(20-13)10-3-1-2-4-12(10)17-16(14)19/h1-6,8,11H,7H2,(H,17,19). The fourth-order valence-corrected chi connectivity index (χ4v) is 3.55. The smallest absolute Gasteiger partial charge is 0.312 e. The summed E-state index contributed by atoms with van der Waals surface area (Å²) in [6, 6.07) is 9.31. The number of para-hydroxylation sites is 1. The number of aromatic nitrogens is 1. The number of hydrogen-bond donors (Lipinski definition) is 1. The molecule has 0 spiro atoms. The van der Waals surface area contributed by atoms with Crippen LogP contribution in [-0.2, 0) is 4.79 Å². The van der Waals surface area contributed by atoms with Crippen LogP contribution in [0.3, 0.4) is 0 Å². The molecular weight excluding hydrogens is 286 g/mol. The molecule has 0 aliphatic carbocycles. The van der Waals surface area contributed by atoms with Crippen LogP contribution in [0.4, 0.5) is 0 Å². The molecule has 0 saturated carbocycles. The molecule has 1 atom stereocenters. The van der Waals surface area contributed by atoms with Crippen molar-refractivity contribution in [1.82, 2.24) is 4.98 Å². The third-order valence-corrected chi connectivity index (χ3v) is 4.49. The van der Waals surface area contributed by atoms with Crippen LogP contribution < -0.4 is 10.3 Å². The highest BCUT2D eigenvalue weighted by Crippen LogP contribution is 2.40. The van der Waals surface area contributed by atoms with Gasteiger partial charge in [0.1, 0.15) is 5.75 Å². The van der Waals surface area contributed by atoms with Gasteiger partial charge in [-0.3, -0.25) is 9.59 Å². The van der Waals surface area contributed by atoms with E-state index in [9.17, 15) is 9.59 Å². The maximum absolute atomic E-state index is 12.4. The number of esters is 1. The van der Waals surface area contributed by atoms with Gasteiger partial charge in [-0.05, 0) is 34.5 Å². The first-order chi connectivity index (χ1) is 10.2. The Balaban J connectivity index is 2.06. The van der Waals surface area contributed by atoms with Gasteiger partial charge in [-0.15, -0.1) is 0 Å². The number of nitrogens with one attached hydrogen (secondary N) is 1. The van der Waals surface area contributed by atoms with Crippen molar-refractivity contribution in [3.63, 3.8) is 0 Å². The van der Waals surface area contributed by atoms with Crippen LogP contribution >= 0.6 is 11.3 Å². The zero-order valence-corrected chi connectivity index (χ0v) is 11.8. The Morgan fingerprint density at radius 2 is 2.05 bits per heavy atom. The molecular formula is C16H11NO3S. The summed E-state index contributed by atoms with van der Waals surface area (Å²) in [6.07, 6.45) is 0.200. The van der Waals surface area contributed by atoms with Gasteiger partial charge in [0.15, 0.2) is 0 Å². The Hall–Kier alpha value is -2.40. The molecule has 0 amide bonds. The monoisotopic (exact) mass is 297 g/mol. The number of thiophene rings is 1. The van der Waals surface area contributed by atoms with Crippen molar-refractivity contribution in [3.8, 4) is 5.75 Å². The highest BCUT2D eigenvalue weighted by molar-refractivity contribution is 7.08. The summed E-state index contributed by atoms with van der Waals surface area (Å²) in [4.78, 5) is 27.3. The minimum atomic E-state index is -0.297. The molecule has 5 heteroatoms. The molecule has 1 aliphatic heterocycles. The minimum absolute atomic E-state index is 0.188. The zero-order chi connectivity index (χ0) is 14.4. The number of carbonyl (C=O) groups excluding carboxylic acids is 1. The van der Waals surface area contributed by atoms with Crippen molar-refractivity contribution in [1.29, 1.82) is 0 Å². The van der Waals surface area contributed by atoms with E-state index in [2.05, 4.69) is 4.98 Å². The lowest BCUT2D eigenvalue weighted by Gasteiger charge is -2.24. The Morgan fingerprint density at radius 1 is 1.19 bits per heavy atom. The van der Waals surface area contributed by atoms with E-state index in [0.29, 0.717) is 16.8 Å². The summed E-state index contributed by atoms with van der Waals surface area (Å²) >= 11 is 1.55. The maximum Gasteiger partial charge on any atom is 0.312 e. The van der Waals surface area contributed by atoms with E-state index in [-0.39, 0.29) is 23.9 Å². The lowest BCUT2D eigenvalue weighted by Crippen LogP contribution is -2.28. The summed E-state index contributed by atoms with van der Waals surface area (Å²) in [7, 11) is 0. The highest BCUT2D eigenvalue weighted by atomic mass is 32.1. The Labute approximate surface area is 124 Å². The van der Waals surface area contributed by atoms with Gasteiger partial charge in [0.05, 0.1) is 17.5 Å². The van der Waals surface area contributed by atoms with E-state index in [1.54, 1.807) is 17.4 Å². The fraction of sp³-hybridized carbons (Fsp3) is 0.125. The quantitative estimate of drug-likeness (QED) is 0.702. The van der Waals surface area contributed by atoms with Gasteiger partial charge < -0.3 is 9.72 Å². The van der Waals surface area contributed by atoms with Crippen molar-refractivity contribution in [3.05, 3.63) is 62.6 Å². The van der Waals surface area contributed by atoms with Crippen LogP contribution in [0.25, 0.3) is 10.9 Å². The van der Waals surface area contributed by atoms with E-state index >= 15 is 0 Å². The molecule has 104 valence electrons. The van der Waals surface area contributed by atoms with Gasteiger partial charge in [0, 0.05) is 11.3 Å². The summed E-state index contributed by atoms with van der Waals surface area (Å²) in [6.45, 7) is 0. The topological polar surface area (TPSA) is 59.2 Å². The van der Waals surface area contributed by atoms with E-state index in [0.717, 1.165) is 10.9 Å². The Morgan fingerprint density at radius 3 is 2.86 bits per heavy atom. The van der Waals surface area contributed by atoms with Crippen LogP contribution in [0.5, 0.6) is 5.75 Å². The summed E-state index contributed by atoms with van der Waals surface area (Å²) in [5.41, 5.74) is 2.03. The SMILES string of the molecule is O=C1CC(c2ccsc2)c2c(c3ccccc3[nH]c2=O)O1. The van der Waals surface area contributed by atoms with Gasteiger partial charge in [-0.2, -0.15) is 11.3 Å². The number of fused-ring (bicyclic) bond motifs is 3. The van der Waals surface area contributed by atoms with Gasteiger partial charge >= 0.3 is 5.97 Å². The minimum Gasteiger partial charge on any atom is -0.425 e. The molecule has 1 aromatic carbocycles. The predicted molar refractivity (Wildman–Crippen MR) is 81.0 cm³/mol. The first-order valence-electron chi connectivity index (χ1n) is 6.62. The summed E-state index contributed by atoms with van der Waals surface area (Å²) < 4.78 is 5.40. The summed E-state index contributed by atoms with van der Waals surface area (Å²) in [5, 5.41) is 4.69. The van der Waals surface area contributed by atoms with E-state index in [1.807, 2.05) is 35.0 Å². The average Bonchev–Trinajstić information content (AvgIpc) is 3.00. The molecule has 0 bridgehead atoms. The second-order valence-electron chi connectivity index (χ2n) is 5.03. The fourth-order valence-electron chi connectivity index (χ4n) is 2.84. The van der Waals surface area contributed by atoms with E-state index in [4.69, 9.17) is 4.74 Å². The highest BCUT2D eigenvalue weighted by Gasteiger charge is 2.32. The largest absolute Gasteiger partial charge is 0.425 e. The third-order valence-electron chi connectivity index (χ3n) is 3.79. The van der Waals surface area contributed by atoms with Gasteiger partial charge in [-0.25, -0.2) is 0 Å². The molecule has 3 aromatic rings. The number of benzene rings is 1. The number of pyridine rings is 1. The molecule has 0 saturated heterocycles. The average molecular weight is 297 g/mol. The van der Waals surface area contributed by atoms with Gasteiger partial charge in [-0.1, -0.05) is 12.1 Å². The second-order valence-corrected chi connectivity index (χ2v) is 5.81. The van der Waals surface area contributed by atoms with Crippen LogP contribution in [0, 0.1) is 0 Å². The lowest BCUT2D eigenvalue weighted by molar-refractivity contribution is -0.135. The molecule has 1 unspecified atom stereocenters. The molecule has 4 nitrogen and oxygen atoms in total. The van der Waals surface area contributed by atoms with E-state index < -0.39 is 0 Å². The first-order valence-corrected chi connectivity index (χ1v) is 7.56. The molecule has 4 rings (SSSR count). The Kier molecular flexibility index (Phi) is 2.68. The maximum atomic E-state index is 12.4. The Bertz CT molecular complexity index is 896. The van der Waals surface area contributed by atoms with Crippen molar-refractivity contribution in [2.75, 3.05) is 0 Å². The molecule has 21 heavy (non-hydrogen) atoms. The number of rotatable bonds is 1. The number of H-pyrrole nitrogens is 1. The summed E-state index contributed by atoms with van der Waals surface area (Å²) in [5.74, 6) is -0.128. The van der Waals surface area contributed by atoms with Crippen LogP contribution in [-0.4, -0.2) is 11.0 Å². The molecule has 0 radical (unpaired) electrons. The molecule has 1 N–H and O–H groups in total. The predicted octanol–water partition coefficient (Wildman–Crippen LogP) is 3.03. The second kappa shape index (κ2) is 4.56. The number of carbonyl (C=O) groups is 1. The molecule has 1 aliphatic rings. The van der Waals surface area contributed by atoms with Crippen LogP contribution in [0.2, 0.25) is 0 Å². The number of hydrogen-bond acceptors (Lipinski definition) is 4. The first kappa shape index (κ1) is 12.3. The third kappa shape index (κ3) is 1.89. The van der Waals surface area contributed by atoms with Gasteiger partial charge in [0.25, 0.3) is 5.56 Å². The van der Waals surface area contributed by atoms with Crippen molar-refractivity contribution < 1.29 is 9.53 Å². The lowest BCUT2D eigenvalue weighted by atomic mass is 9.88. The molecule has 0 fully saturated rings. The van der Waals surface area contributed by atoms with Gasteiger partial charge in [0.2, 0.25) is 0 Å². The van der Waals surface area contributed by atoms with Crippen molar-refractivity contribution >= 4 is 28.2 Å². The van der Waals surface area contributed by atoms with E-state index in [1.165, 1.54) is 0 Å². The molecule has 2 aromatic heterocycles. The number of ether oxygens (including phenoxy) is 1. The van der Waals surface area contributed by atoms with Crippen LogP contribution in [0.15, 0.2) is 45.9 Å². The van der Waals surface area contributed by atoms with Crippen molar-refractivity contribution in [2.45, 2.75) is 12.3 Å².